The highest BCUT2D eigenvalue weighted by Gasteiger charge is 2.32. The predicted octanol–water partition coefficient (Wildman–Crippen LogP) is 8.42. The number of aromatic nitrogens is 5. The van der Waals surface area contributed by atoms with E-state index < -0.39 is 18.6 Å². The smallest absolute Gasteiger partial charge is 0.405 e. The van der Waals surface area contributed by atoms with Crippen molar-refractivity contribution in [1.82, 2.24) is 45.2 Å². The topological polar surface area (TPSA) is 217 Å². The molecule has 0 spiro atoms. The van der Waals surface area contributed by atoms with E-state index in [0.29, 0.717) is 88.3 Å². The number of halogens is 3. The molecule has 2 aromatic heterocycles. The van der Waals surface area contributed by atoms with Gasteiger partial charge in [0.15, 0.2) is 5.82 Å². The summed E-state index contributed by atoms with van der Waals surface area (Å²) in [6.07, 6.45) is 1.09. The quantitative estimate of drug-likeness (QED) is 0.0419. The minimum Gasteiger partial charge on any atom is -0.508 e. The van der Waals surface area contributed by atoms with Crippen LogP contribution in [0.15, 0.2) is 110 Å². The molecule has 0 saturated carbocycles. The first kappa shape index (κ1) is 57.5. The molecular weight excluding hydrogens is 1070 g/mol. The van der Waals surface area contributed by atoms with Crippen LogP contribution in [0, 0.1) is 5.92 Å². The summed E-state index contributed by atoms with van der Waals surface area (Å²) < 4.78 is 40.6. The Hall–Kier alpha value is -8.72. The molecule has 0 unspecified atom stereocenters. The zero-order chi connectivity index (χ0) is 58.4. The lowest BCUT2D eigenvalue weighted by atomic mass is 9.90. The molecule has 434 valence electrons. The van der Waals surface area contributed by atoms with Crippen molar-refractivity contribution in [2.24, 2.45) is 5.92 Å². The first-order chi connectivity index (χ1) is 40.0. The molecule has 0 aliphatic carbocycles. The molecule has 3 aliphatic heterocycles. The minimum atomic E-state index is -4.65. The molecule has 3 amide bonds. The maximum Gasteiger partial charge on any atom is 0.405 e. The van der Waals surface area contributed by atoms with Crippen LogP contribution in [0.25, 0.3) is 27.8 Å². The van der Waals surface area contributed by atoms with E-state index in [0.717, 1.165) is 83.6 Å². The van der Waals surface area contributed by atoms with E-state index >= 15 is 0 Å². The third-order valence-electron chi connectivity index (χ3n) is 15.8. The van der Waals surface area contributed by atoms with Crippen molar-refractivity contribution in [3.63, 3.8) is 0 Å². The van der Waals surface area contributed by atoms with Gasteiger partial charge in [-0.3, -0.25) is 23.9 Å². The number of phenols is 3. The van der Waals surface area contributed by atoms with E-state index in [1.165, 1.54) is 28.3 Å². The standard InChI is InChI=1S/C62H69F3N12O6/c1-4-56(82)74-27-29-75(30-28-74)57-48-21-26-76(52-33-46(78)32-44-7-5-6-8-47(44)52)37-51(48)69-61(70-57)67-23-18-55(81)66-22-17-40-9-11-43(12-10-40)36-73-24-19-42(20-25-73)31-41-13-15-45(16-14-41)77-58(50-34-49(39(2)3)53(79)35-54(50)80)71-72-59(77)60(83)68-38-62(63,64)65/h4-16,32-35,39,42,78-80H,1,17-31,36-38H2,2-3H3,(H,66,81)(H,68,83)(H,67,69,70). The van der Waals surface area contributed by atoms with Gasteiger partial charge in [0.2, 0.25) is 23.6 Å². The van der Waals surface area contributed by atoms with Crippen molar-refractivity contribution in [3.05, 3.63) is 149 Å². The maximum atomic E-state index is 13.1. The van der Waals surface area contributed by atoms with Crippen LogP contribution >= 0.6 is 0 Å². The largest absolute Gasteiger partial charge is 0.508 e. The Morgan fingerprint density at radius 2 is 1.51 bits per heavy atom. The Morgan fingerprint density at radius 1 is 0.783 bits per heavy atom. The fraction of sp³-hybridized carbons (Fsp3) is 0.371. The fourth-order valence-electron chi connectivity index (χ4n) is 11.4. The molecule has 5 heterocycles. The molecule has 0 atom stereocenters. The third kappa shape index (κ3) is 13.8. The first-order valence-corrected chi connectivity index (χ1v) is 28.3. The van der Waals surface area contributed by atoms with Gasteiger partial charge in [0.1, 0.15) is 29.6 Å². The Kier molecular flexibility index (Phi) is 17.5. The summed E-state index contributed by atoms with van der Waals surface area (Å²) in [6, 6.07) is 30.2. The minimum absolute atomic E-state index is 0.0257. The van der Waals surface area contributed by atoms with Crippen molar-refractivity contribution < 1.29 is 42.9 Å². The van der Waals surface area contributed by atoms with Crippen molar-refractivity contribution in [2.75, 3.05) is 80.6 Å². The van der Waals surface area contributed by atoms with Crippen LogP contribution < -0.4 is 25.8 Å². The molecule has 7 aromatic rings. The van der Waals surface area contributed by atoms with Crippen molar-refractivity contribution in [2.45, 2.75) is 77.6 Å². The molecule has 2 saturated heterocycles. The summed E-state index contributed by atoms with van der Waals surface area (Å²) in [6.45, 7) is 12.8. The number of likely N-dealkylation sites (tertiary alicyclic amines) is 1. The average molecular weight is 1140 g/mol. The highest BCUT2D eigenvalue weighted by Crippen LogP contribution is 2.40. The van der Waals surface area contributed by atoms with Crippen LogP contribution in [-0.2, 0) is 41.9 Å². The first-order valence-electron chi connectivity index (χ1n) is 28.3. The van der Waals surface area contributed by atoms with E-state index in [-0.39, 0.29) is 58.6 Å². The van der Waals surface area contributed by atoms with Gasteiger partial charge in [0, 0.05) is 93.2 Å². The lowest BCUT2D eigenvalue weighted by Gasteiger charge is -2.38. The van der Waals surface area contributed by atoms with Crippen LogP contribution in [0.3, 0.4) is 0 Å². The summed E-state index contributed by atoms with van der Waals surface area (Å²) in [5.41, 5.74) is 7.32. The van der Waals surface area contributed by atoms with E-state index in [1.807, 2.05) is 49.5 Å². The number of fused-ring (bicyclic) bond motifs is 2. The van der Waals surface area contributed by atoms with Crippen molar-refractivity contribution >= 4 is 45.9 Å². The maximum absolute atomic E-state index is 13.1. The highest BCUT2D eigenvalue weighted by molar-refractivity contribution is 5.96. The number of carbonyl (C=O) groups excluding carboxylic acids is 3. The number of amides is 3. The molecule has 5 aromatic carbocycles. The van der Waals surface area contributed by atoms with Gasteiger partial charge < -0.3 is 46.0 Å². The number of carbonyl (C=O) groups is 3. The van der Waals surface area contributed by atoms with E-state index in [9.17, 15) is 42.9 Å². The summed E-state index contributed by atoms with van der Waals surface area (Å²) in [7, 11) is 0. The number of piperidine rings is 1. The van der Waals surface area contributed by atoms with Crippen LogP contribution in [0.1, 0.15) is 83.2 Å². The summed E-state index contributed by atoms with van der Waals surface area (Å²) in [5.74, 6) is -0.335. The number of hydrogen-bond donors (Lipinski definition) is 6. The second-order valence-corrected chi connectivity index (χ2v) is 21.9. The lowest BCUT2D eigenvalue weighted by Crippen LogP contribution is -2.49. The molecule has 3 aliphatic rings. The van der Waals surface area contributed by atoms with Gasteiger partial charge in [0.25, 0.3) is 5.91 Å². The average Bonchev–Trinajstić information content (AvgIpc) is 4.16. The van der Waals surface area contributed by atoms with Crippen LogP contribution in [-0.4, -0.2) is 139 Å². The van der Waals surface area contributed by atoms with Crippen LogP contribution in [0.2, 0.25) is 0 Å². The Balaban J connectivity index is 0.693. The number of piperazine rings is 1. The number of hydrogen-bond acceptors (Lipinski definition) is 14. The molecule has 83 heavy (non-hydrogen) atoms. The number of alkyl halides is 3. The number of nitrogens with one attached hydrogen (secondary N) is 3. The normalized spacial score (nSPS) is 15.1. The summed E-state index contributed by atoms with van der Waals surface area (Å²) in [4.78, 5) is 57.3. The SMILES string of the molecule is C=CC(=O)N1CCN(c2nc(NCCC(=O)NCCc3ccc(CN4CCC(Cc5ccc(-n6c(C(=O)NCC(F)(F)F)nnc6-c6cc(C(C)C)c(O)cc6O)cc5)CC4)cc3)nc3c2CCN(c2cc(O)cc4ccccc24)C3)CC1. The zero-order valence-electron chi connectivity index (χ0n) is 46.6. The van der Waals surface area contributed by atoms with E-state index in [1.54, 1.807) is 29.2 Å². The Morgan fingerprint density at radius 3 is 2.23 bits per heavy atom. The van der Waals surface area contributed by atoms with E-state index in [2.05, 4.69) is 72.4 Å². The van der Waals surface area contributed by atoms with Crippen molar-refractivity contribution in [1.29, 1.82) is 0 Å². The van der Waals surface area contributed by atoms with Crippen molar-refractivity contribution in [3.8, 4) is 34.3 Å². The highest BCUT2D eigenvalue weighted by atomic mass is 19.4. The fourth-order valence-corrected chi connectivity index (χ4v) is 11.4. The molecule has 21 heteroatoms. The molecule has 6 N–H and O–H groups in total. The number of rotatable bonds is 19. The molecule has 0 radical (unpaired) electrons. The predicted molar refractivity (Wildman–Crippen MR) is 312 cm³/mol. The molecule has 10 rings (SSSR count). The monoisotopic (exact) mass is 1130 g/mol. The number of aromatic hydroxyl groups is 3. The Labute approximate surface area is 479 Å². The second-order valence-electron chi connectivity index (χ2n) is 21.9. The summed E-state index contributed by atoms with van der Waals surface area (Å²) >= 11 is 0. The van der Waals surface area contributed by atoms with Gasteiger partial charge in [-0.1, -0.05) is 81.1 Å². The zero-order valence-corrected chi connectivity index (χ0v) is 46.6. The number of phenolic OH excluding ortho intramolecular Hbond substituents is 3. The van der Waals surface area contributed by atoms with Crippen LogP contribution in [0.4, 0.5) is 30.6 Å². The summed E-state index contributed by atoms with van der Waals surface area (Å²) in [5, 5.41) is 50.4. The van der Waals surface area contributed by atoms with Gasteiger partial charge in [-0.2, -0.15) is 18.2 Å². The molecular formula is C62H69F3N12O6. The van der Waals surface area contributed by atoms with Crippen LogP contribution in [0.5, 0.6) is 17.2 Å². The van der Waals surface area contributed by atoms with Gasteiger partial charge in [0.05, 0.1) is 17.8 Å². The van der Waals surface area contributed by atoms with Gasteiger partial charge in [-0.25, -0.2) is 4.98 Å². The number of anilines is 3. The second kappa shape index (κ2) is 25.2. The molecule has 0 bridgehead atoms. The molecule has 18 nitrogen and oxygen atoms in total. The number of benzene rings is 5. The van der Waals surface area contributed by atoms with Gasteiger partial charge in [-0.05, 0) is 115 Å². The molecule has 2 fully saturated rings. The van der Waals surface area contributed by atoms with Gasteiger partial charge >= 0.3 is 6.18 Å². The lowest BCUT2D eigenvalue weighted by molar-refractivity contribution is -0.126. The Bertz CT molecular complexity index is 3480. The van der Waals surface area contributed by atoms with Gasteiger partial charge in [-0.15, -0.1) is 10.2 Å². The third-order valence-corrected chi connectivity index (χ3v) is 15.8. The van der Waals surface area contributed by atoms with E-state index in [4.69, 9.17) is 9.97 Å². The number of nitrogens with zero attached hydrogens (tertiary/aromatic N) is 9.